The van der Waals surface area contributed by atoms with Crippen molar-refractivity contribution in [1.29, 1.82) is 0 Å². The van der Waals surface area contributed by atoms with Gasteiger partial charge in [0, 0.05) is 36.6 Å². The minimum atomic E-state index is -0.00274. The van der Waals surface area contributed by atoms with E-state index in [1.54, 1.807) is 19.0 Å². The zero-order valence-corrected chi connectivity index (χ0v) is 17.0. The second kappa shape index (κ2) is 12.2. The van der Waals surface area contributed by atoms with Crippen molar-refractivity contribution in [1.82, 2.24) is 15.5 Å². The normalized spacial score (nSPS) is 11.2. The van der Waals surface area contributed by atoms with Crippen molar-refractivity contribution in [3.8, 4) is 0 Å². The lowest BCUT2D eigenvalue weighted by molar-refractivity contribution is -0.127. The predicted molar refractivity (Wildman–Crippen MR) is 107 cm³/mol. The molecular formula is C17H27BrN4OS. The molecule has 1 amide bonds. The van der Waals surface area contributed by atoms with Gasteiger partial charge in [-0.2, -0.15) is 0 Å². The topological polar surface area (TPSA) is 56.7 Å². The van der Waals surface area contributed by atoms with Crippen molar-refractivity contribution in [3.05, 3.63) is 28.7 Å². The number of carbonyl (C=O) groups excluding carboxylic acids is 1. The first-order valence-corrected chi connectivity index (χ1v) is 9.92. The molecule has 1 aromatic carbocycles. The second-order valence-electron chi connectivity index (χ2n) is 5.40. The average molecular weight is 415 g/mol. The predicted octanol–water partition coefficient (Wildman–Crippen LogP) is 2.96. The molecule has 0 fully saturated rings. The molecule has 0 bridgehead atoms. The average Bonchev–Trinajstić information content (AvgIpc) is 2.56. The first kappa shape index (κ1) is 20.8. The molecule has 0 unspecified atom stereocenters. The summed E-state index contributed by atoms with van der Waals surface area (Å²) in [6.45, 7) is 3.80. The van der Waals surface area contributed by atoms with E-state index >= 15 is 0 Å². The molecule has 0 spiro atoms. The van der Waals surface area contributed by atoms with Crippen LogP contribution in [0.4, 0.5) is 0 Å². The van der Waals surface area contributed by atoms with Crippen LogP contribution in [0.3, 0.4) is 0 Å². The van der Waals surface area contributed by atoms with Crippen molar-refractivity contribution in [2.24, 2.45) is 4.99 Å². The maximum Gasteiger partial charge on any atom is 0.243 e. The van der Waals surface area contributed by atoms with Crippen LogP contribution in [0.5, 0.6) is 0 Å². The van der Waals surface area contributed by atoms with E-state index in [0.29, 0.717) is 5.96 Å². The Morgan fingerprint density at radius 1 is 1.25 bits per heavy atom. The highest BCUT2D eigenvalue weighted by Gasteiger charge is 2.04. The Hall–Kier alpha value is -1.21. The number of unbranched alkanes of at least 4 members (excludes halogenated alkanes) is 1. The second-order valence-corrected chi connectivity index (χ2v) is 7.39. The van der Waals surface area contributed by atoms with Crippen LogP contribution in [0.2, 0.25) is 0 Å². The molecule has 0 atom stereocenters. The van der Waals surface area contributed by atoms with Crippen molar-refractivity contribution in [2.75, 3.05) is 39.5 Å². The van der Waals surface area contributed by atoms with Crippen LogP contribution in [0.1, 0.15) is 19.8 Å². The molecule has 0 radical (unpaired) electrons. The summed E-state index contributed by atoms with van der Waals surface area (Å²) < 4.78 is 1.15. The molecule has 1 aromatic rings. The molecule has 0 saturated carbocycles. The Kier molecular flexibility index (Phi) is 10.6. The number of thioether (sulfide) groups is 1. The van der Waals surface area contributed by atoms with Crippen LogP contribution in [0.25, 0.3) is 0 Å². The number of hydrogen-bond acceptors (Lipinski definition) is 3. The minimum Gasteiger partial charge on any atom is -0.357 e. The van der Waals surface area contributed by atoms with Crippen molar-refractivity contribution in [2.45, 2.75) is 24.7 Å². The Bertz CT molecular complexity index is 537. The van der Waals surface area contributed by atoms with Crippen molar-refractivity contribution in [3.63, 3.8) is 0 Å². The first-order chi connectivity index (χ1) is 11.5. The summed E-state index contributed by atoms with van der Waals surface area (Å²) in [5, 5.41) is 6.43. The number of hydrogen-bond donors (Lipinski definition) is 2. The van der Waals surface area contributed by atoms with Crippen molar-refractivity contribution < 1.29 is 4.79 Å². The standard InChI is InChI=1S/C17H27BrN4OS/c1-4-19-17(21-13-16(23)22(2)3)20-11-7-8-12-24-15-10-6-5-9-14(15)18/h5-6,9-10H,4,7-8,11-13H2,1-3H3,(H2,19,20,21). The fraction of sp³-hybridized carbons (Fsp3) is 0.529. The highest BCUT2D eigenvalue weighted by atomic mass is 79.9. The van der Waals surface area contributed by atoms with Gasteiger partial charge in [0.2, 0.25) is 5.91 Å². The van der Waals surface area contributed by atoms with Gasteiger partial charge in [-0.3, -0.25) is 4.79 Å². The molecular weight excluding hydrogens is 388 g/mol. The van der Waals surface area contributed by atoms with Gasteiger partial charge in [-0.05, 0) is 53.6 Å². The molecule has 0 aliphatic carbocycles. The Morgan fingerprint density at radius 2 is 2.00 bits per heavy atom. The van der Waals surface area contributed by atoms with Gasteiger partial charge >= 0.3 is 0 Å². The van der Waals surface area contributed by atoms with E-state index in [2.05, 4.69) is 49.8 Å². The SMILES string of the molecule is CCNC(=NCC(=O)N(C)C)NCCCCSc1ccccc1Br. The maximum atomic E-state index is 11.6. The van der Waals surface area contributed by atoms with Crippen LogP contribution in [-0.2, 0) is 4.79 Å². The van der Waals surface area contributed by atoms with Gasteiger partial charge in [0.25, 0.3) is 0 Å². The molecule has 7 heteroatoms. The monoisotopic (exact) mass is 414 g/mol. The third-order valence-electron chi connectivity index (χ3n) is 3.17. The van der Waals surface area contributed by atoms with E-state index in [-0.39, 0.29) is 12.5 Å². The molecule has 24 heavy (non-hydrogen) atoms. The summed E-state index contributed by atoms with van der Waals surface area (Å²) in [7, 11) is 3.47. The number of guanidine groups is 1. The number of nitrogens with one attached hydrogen (secondary N) is 2. The summed E-state index contributed by atoms with van der Waals surface area (Å²) >= 11 is 5.43. The number of rotatable bonds is 9. The van der Waals surface area contributed by atoms with E-state index in [9.17, 15) is 4.79 Å². The highest BCUT2D eigenvalue weighted by Crippen LogP contribution is 2.27. The van der Waals surface area contributed by atoms with Gasteiger partial charge in [0.1, 0.15) is 6.54 Å². The van der Waals surface area contributed by atoms with Gasteiger partial charge < -0.3 is 15.5 Å². The third kappa shape index (κ3) is 8.59. The molecule has 0 aliphatic heterocycles. The number of aliphatic imine (C=N–C) groups is 1. The van der Waals surface area contributed by atoms with E-state index in [0.717, 1.165) is 36.2 Å². The van der Waals surface area contributed by atoms with Crippen LogP contribution in [0, 0.1) is 0 Å². The molecule has 0 heterocycles. The minimum absolute atomic E-state index is 0.00274. The Balaban J connectivity index is 2.24. The Morgan fingerprint density at radius 3 is 2.67 bits per heavy atom. The fourth-order valence-corrected chi connectivity index (χ4v) is 3.38. The molecule has 0 aromatic heterocycles. The molecule has 2 N–H and O–H groups in total. The highest BCUT2D eigenvalue weighted by molar-refractivity contribution is 9.10. The maximum absolute atomic E-state index is 11.6. The summed E-state index contributed by atoms with van der Waals surface area (Å²) in [6.07, 6.45) is 2.18. The number of carbonyl (C=O) groups is 1. The molecule has 0 saturated heterocycles. The number of halogens is 1. The van der Waals surface area contributed by atoms with Crippen LogP contribution in [-0.4, -0.2) is 56.2 Å². The van der Waals surface area contributed by atoms with E-state index in [1.807, 2.05) is 24.8 Å². The van der Waals surface area contributed by atoms with Gasteiger partial charge in [0.15, 0.2) is 5.96 Å². The lowest BCUT2D eigenvalue weighted by Gasteiger charge is -2.12. The van der Waals surface area contributed by atoms with Crippen LogP contribution >= 0.6 is 27.7 Å². The van der Waals surface area contributed by atoms with Crippen molar-refractivity contribution >= 4 is 39.6 Å². The smallest absolute Gasteiger partial charge is 0.243 e. The van der Waals surface area contributed by atoms with Crippen LogP contribution in [0.15, 0.2) is 38.6 Å². The molecule has 5 nitrogen and oxygen atoms in total. The molecule has 134 valence electrons. The summed E-state index contributed by atoms with van der Waals surface area (Å²) in [4.78, 5) is 18.7. The van der Waals surface area contributed by atoms with Gasteiger partial charge in [-0.1, -0.05) is 12.1 Å². The lowest BCUT2D eigenvalue weighted by atomic mass is 10.3. The summed E-state index contributed by atoms with van der Waals surface area (Å²) in [5.41, 5.74) is 0. The first-order valence-electron chi connectivity index (χ1n) is 8.14. The molecule has 1 rings (SSSR count). The number of likely N-dealkylation sites (N-methyl/N-ethyl adjacent to an activating group) is 1. The zero-order chi connectivity index (χ0) is 17.8. The number of benzene rings is 1. The fourth-order valence-electron chi connectivity index (χ4n) is 1.81. The largest absolute Gasteiger partial charge is 0.357 e. The Labute approximate surface area is 157 Å². The van der Waals surface area contributed by atoms with Gasteiger partial charge in [-0.15, -0.1) is 11.8 Å². The quantitative estimate of drug-likeness (QED) is 0.282. The van der Waals surface area contributed by atoms with Gasteiger partial charge in [0.05, 0.1) is 0 Å². The molecule has 0 aliphatic rings. The van der Waals surface area contributed by atoms with E-state index in [4.69, 9.17) is 0 Å². The lowest BCUT2D eigenvalue weighted by Crippen LogP contribution is -2.38. The van der Waals surface area contributed by atoms with Gasteiger partial charge in [-0.25, -0.2) is 4.99 Å². The zero-order valence-electron chi connectivity index (χ0n) is 14.6. The number of amides is 1. The van der Waals surface area contributed by atoms with Crippen LogP contribution < -0.4 is 10.6 Å². The van der Waals surface area contributed by atoms with E-state index in [1.165, 1.54) is 4.90 Å². The summed E-state index contributed by atoms with van der Waals surface area (Å²) in [5.74, 6) is 1.78. The number of nitrogens with zero attached hydrogens (tertiary/aromatic N) is 2. The third-order valence-corrected chi connectivity index (χ3v) is 5.29. The van der Waals surface area contributed by atoms with E-state index < -0.39 is 0 Å². The summed E-state index contributed by atoms with van der Waals surface area (Å²) in [6, 6.07) is 8.28.